The van der Waals surface area contributed by atoms with Gasteiger partial charge in [0.1, 0.15) is 0 Å². The molecule has 0 aliphatic carbocycles. The van der Waals surface area contributed by atoms with Crippen LogP contribution in [0.2, 0.25) is 0 Å². The summed E-state index contributed by atoms with van der Waals surface area (Å²) >= 11 is 0. The summed E-state index contributed by atoms with van der Waals surface area (Å²) in [5.74, 6) is 0.340. The lowest BCUT2D eigenvalue weighted by Gasteiger charge is -2.15. The third-order valence-corrected chi connectivity index (χ3v) is 6.11. The van der Waals surface area contributed by atoms with Crippen molar-refractivity contribution in [3.05, 3.63) is 18.2 Å². The summed E-state index contributed by atoms with van der Waals surface area (Å²) in [4.78, 5) is 24.9. The lowest BCUT2D eigenvalue weighted by molar-refractivity contribution is -0.137. The van der Waals surface area contributed by atoms with Crippen molar-refractivity contribution in [1.82, 2.24) is 0 Å². The molecule has 0 saturated carbocycles. The van der Waals surface area contributed by atoms with Crippen molar-refractivity contribution in [2.24, 2.45) is 0 Å². The Morgan fingerprint density at radius 2 is 1.03 bits per heavy atom. The number of carbonyl (C=O) groups excluding carboxylic acids is 2. The van der Waals surface area contributed by atoms with Crippen molar-refractivity contribution in [3.8, 4) is 17.2 Å². The molecule has 0 heterocycles. The zero-order chi connectivity index (χ0) is 25.6. The molecule has 0 aliphatic heterocycles. The normalized spacial score (nSPS) is 10.8. The molecule has 0 saturated heterocycles. The Hall–Kier alpha value is -2.04. The van der Waals surface area contributed by atoms with Gasteiger partial charge < -0.3 is 14.2 Å². The van der Waals surface area contributed by atoms with E-state index in [1.165, 1.54) is 38.5 Å². The highest BCUT2D eigenvalue weighted by atomic mass is 16.6. The molecule has 1 rings (SSSR count). The Kier molecular flexibility index (Phi) is 18.8. The Bertz CT molecular complexity index is 685. The second-order valence-corrected chi connectivity index (χ2v) is 9.48. The minimum atomic E-state index is -0.315. The highest BCUT2D eigenvalue weighted by Gasteiger charge is 2.19. The van der Waals surface area contributed by atoms with E-state index < -0.39 is 0 Å². The topological polar surface area (TPSA) is 61.8 Å². The molecule has 5 heteroatoms. The summed E-state index contributed by atoms with van der Waals surface area (Å²) in [5.41, 5.74) is 0. The van der Waals surface area contributed by atoms with Gasteiger partial charge in [0.15, 0.2) is 11.5 Å². The first-order chi connectivity index (χ1) is 17.1. The lowest BCUT2D eigenvalue weighted by atomic mass is 10.1. The summed E-state index contributed by atoms with van der Waals surface area (Å²) in [6, 6.07) is 5.23. The van der Waals surface area contributed by atoms with Crippen molar-refractivity contribution < 1.29 is 23.8 Å². The molecule has 0 bridgehead atoms. The summed E-state index contributed by atoms with van der Waals surface area (Å²) in [6.45, 7) is 7.06. The van der Waals surface area contributed by atoms with Crippen LogP contribution < -0.4 is 14.2 Å². The van der Waals surface area contributed by atoms with Crippen molar-refractivity contribution >= 4 is 11.9 Å². The first kappa shape index (κ1) is 31.0. The average molecular weight is 491 g/mol. The van der Waals surface area contributed by atoms with Gasteiger partial charge in [0.2, 0.25) is 5.75 Å². The predicted octanol–water partition coefficient (Wildman–Crippen LogP) is 8.96. The number of para-hydroxylation sites is 1. The van der Waals surface area contributed by atoms with Gasteiger partial charge in [-0.3, -0.25) is 9.59 Å². The maximum Gasteiger partial charge on any atom is 0.311 e. The van der Waals surface area contributed by atoms with Gasteiger partial charge in [-0.05, 0) is 31.4 Å². The molecule has 200 valence electrons. The fourth-order valence-electron chi connectivity index (χ4n) is 3.94. The molecule has 0 N–H and O–H groups in total. The minimum Gasteiger partial charge on any atom is -0.490 e. The highest BCUT2D eigenvalue weighted by molar-refractivity contribution is 5.77. The SMILES string of the molecule is CCCCCCCCCCOc1cccc(OC(=O)CCCCCC)c1OC(=O)CCCCCC. The Balaban J connectivity index is 2.67. The molecule has 35 heavy (non-hydrogen) atoms. The number of hydrogen-bond acceptors (Lipinski definition) is 5. The van der Waals surface area contributed by atoms with Crippen molar-refractivity contribution in [3.63, 3.8) is 0 Å². The molecular weight excluding hydrogens is 440 g/mol. The fraction of sp³-hybridized carbons (Fsp3) is 0.733. The van der Waals surface area contributed by atoms with E-state index >= 15 is 0 Å². The first-order valence-electron chi connectivity index (χ1n) is 14.3. The number of benzene rings is 1. The average Bonchev–Trinajstić information content (AvgIpc) is 2.85. The fourth-order valence-corrected chi connectivity index (χ4v) is 3.94. The number of carbonyl (C=O) groups is 2. The number of esters is 2. The van der Waals surface area contributed by atoms with Gasteiger partial charge in [0, 0.05) is 12.8 Å². The van der Waals surface area contributed by atoms with Gasteiger partial charge in [-0.25, -0.2) is 0 Å². The van der Waals surface area contributed by atoms with Crippen LogP contribution in [0, 0.1) is 0 Å². The molecule has 1 aromatic carbocycles. The summed E-state index contributed by atoms with van der Waals surface area (Å²) in [6.07, 6.45) is 18.5. The van der Waals surface area contributed by atoms with Crippen LogP contribution in [0.25, 0.3) is 0 Å². The van der Waals surface area contributed by atoms with Gasteiger partial charge in [0.25, 0.3) is 0 Å². The van der Waals surface area contributed by atoms with Gasteiger partial charge in [-0.1, -0.05) is 110 Å². The number of unbranched alkanes of at least 4 members (excludes halogenated alkanes) is 13. The maximum atomic E-state index is 12.5. The minimum absolute atomic E-state index is 0.231. The molecule has 0 radical (unpaired) electrons. The Morgan fingerprint density at radius 1 is 0.571 bits per heavy atom. The van der Waals surface area contributed by atoms with E-state index in [1.54, 1.807) is 18.2 Å². The van der Waals surface area contributed by atoms with Crippen LogP contribution in [0.3, 0.4) is 0 Å². The summed E-state index contributed by atoms with van der Waals surface area (Å²) < 4.78 is 17.3. The first-order valence-corrected chi connectivity index (χ1v) is 14.3. The number of hydrogen-bond donors (Lipinski definition) is 0. The summed E-state index contributed by atoms with van der Waals surface area (Å²) in [5, 5.41) is 0. The van der Waals surface area contributed by atoms with Crippen LogP contribution in [0.5, 0.6) is 17.2 Å². The standard InChI is InChI=1S/C30H50O5/c1-4-7-10-13-14-15-16-19-25-33-26-21-20-22-27(34-28(31)23-17-11-8-5-2)30(26)35-29(32)24-18-12-9-6-3/h20-22H,4-19,23-25H2,1-3H3. The largest absolute Gasteiger partial charge is 0.490 e. The van der Waals surface area contributed by atoms with Crippen LogP contribution in [0.15, 0.2) is 18.2 Å². The van der Waals surface area contributed by atoms with E-state index in [-0.39, 0.29) is 23.4 Å². The van der Waals surface area contributed by atoms with E-state index in [0.717, 1.165) is 64.2 Å². The molecular formula is C30H50O5. The van der Waals surface area contributed by atoms with E-state index in [2.05, 4.69) is 20.8 Å². The molecule has 1 aromatic rings. The lowest BCUT2D eigenvalue weighted by Crippen LogP contribution is -2.13. The Morgan fingerprint density at radius 3 is 1.60 bits per heavy atom. The van der Waals surface area contributed by atoms with E-state index in [1.807, 2.05) is 0 Å². The van der Waals surface area contributed by atoms with Crippen molar-refractivity contribution in [2.45, 2.75) is 136 Å². The van der Waals surface area contributed by atoms with Crippen LogP contribution in [-0.2, 0) is 9.59 Å². The monoisotopic (exact) mass is 490 g/mol. The van der Waals surface area contributed by atoms with Gasteiger partial charge in [0.05, 0.1) is 6.61 Å². The Labute approximate surface area is 214 Å². The molecule has 0 amide bonds. The molecule has 0 spiro atoms. The molecule has 0 atom stereocenters. The molecule has 0 unspecified atom stereocenters. The quantitative estimate of drug-likeness (QED) is 0.0922. The van der Waals surface area contributed by atoms with Crippen LogP contribution in [0.1, 0.15) is 136 Å². The summed E-state index contributed by atoms with van der Waals surface area (Å²) in [7, 11) is 0. The van der Waals surface area contributed by atoms with Crippen LogP contribution >= 0.6 is 0 Å². The molecule has 0 aromatic heterocycles. The van der Waals surface area contributed by atoms with E-state index in [4.69, 9.17) is 14.2 Å². The van der Waals surface area contributed by atoms with Gasteiger partial charge >= 0.3 is 11.9 Å². The van der Waals surface area contributed by atoms with Crippen LogP contribution in [0.4, 0.5) is 0 Å². The van der Waals surface area contributed by atoms with Crippen molar-refractivity contribution in [2.75, 3.05) is 6.61 Å². The predicted molar refractivity (Wildman–Crippen MR) is 143 cm³/mol. The maximum absolute atomic E-state index is 12.5. The third kappa shape index (κ3) is 15.5. The third-order valence-electron chi connectivity index (χ3n) is 6.11. The van der Waals surface area contributed by atoms with Gasteiger partial charge in [-0.15, -0.1) is 0 Å². The smallest absolute Gasteiger partial charge is 0.311 e. The number of ether oxygens (including phenoxy) is 3. The van der Waals surface area contributed by atoms with Crippen molar-refractivity contribution in [1.29, 1.82) is 0 Å². The molecule has 0 aliphatic rings. The van der Waals surface area contributed by atoms with E-state index in [9.17, 15) is 9.59 Å². The van der Waals surface area contributed by atoms with E-state index in [0.29, 0.717) is 25.2 Å². The van der Waals surface area contributed by atoms with Crippen LogP contribution in [-0.4, -0.2) is 18.5 Å². The second kappa shape index (κ2) is 21.3. The zero-order valence-corrected chi connectivity index (χ0v) is 22.7. The van der Waals surface area contributed by atoms with Gasteiger partial charge in [-0.2, -0.15) is 0 Å². The highest BCUT2D eigenvalue weighted by Crippen LogP contribution is 2.38. The number of rotatable bonds is 22. The molecule has 5 nitrogen and oxygen atoms in total. The zero-order valence-electron chi connectivity index (χ0n) is 22.7. The second-order valence-electron chi connectivity index (χ2n) is 9.48. The molecule has 0 fully saturated rings.